The number of H-pyrrole nitrogens is 1. The molecule has 0 aliphatic carbocycles. The van der Waals surface area contributed by atoms with Gasteiger partial charge in [0.2, 0.25) is 0 Å². The standard InChI is InChI=1S/C14H5BrCl2F2N2O/c15-12-10(8(19)4-9-11(12)14(17)21-20-9)13(22)6-3-5(18)1-2-7(6)16/h1-4H,(H,20,21). The van der Waals surface area contributed by atoms with E-state index < -0.39 is 17.4 Å². The van der Waals surface area contributed by atoms with Gasteiger partial charge < -0.3 is 0 Å². The van der Waals surface area contributed by atoms with Crippen LogP contribution in [0, 0.1) is 11.6 Å². The molecule has 0 aliphatic rings. The average Bonchev–Trinajstić information content (AvgIpc) is 2.82. The van der Waals surface area contributed by atoms with Gasteiger partial charge in [0.05, 0.1) is 21.5 Å². The van der Waals surface area contributed by atoms with Crippen LogP contribution in [0.15, 0.2) is 28.7 Å². The number of nitrogens with one attached hydrogen (secondary N) is 1. The quantitative estimate of drug-likeness (QED) is 0.600. The number of benzene rings is 2. The number of ketones is 1. The van der Waals surface area contributed by atoms with Crippen molar-refractivity contribution in [1.29, 1.82) is 0 Å². The summed E-state index contributed by atoms with van der Waals surface area (Å²) in [6.07, 6.45) is 0. The molecule has 112 valence electrons. The zero-order valence-electron chi connectivity index (χ0n) is 10.6. The van der Waals surface area contributed by atoms with Crippen LogP contribution in [0.4, 0.5) is 8.78 Å². The predicted molar refractivity (Wildman–Crippen MR) is 83.6 cm³/mol. The second kappa shape index (κ2) is 5.61. The van der Waals surface area contributed by atoms with E-state index >= 15 is 0 Å². The maximum atomic E-state index is 14.3. The summed E-state index contributed by atoms with van der Waals surface area (Å²) in [6.45, 7) is 0. The number of hydrogen-bond acceptors (Lipinski definition) is 2. The van der Waals surface area contributed by atoms with Gasteiger partial charge in [-0.15, -0.1) is 0 Å². The topological polar surface area (TPSA) is 45.8 Å². The predicted octanol–water partition coefficient (Wildman–Crippen LogP) is 5.14. The zero-order valence-corrected chi connectivity index (χ0v) is 13.7. The van der Waals surface area contributed by atoms with Gasteiger partial charge in [0.25, 0.3) is 0 Å². The number of aromatic nitrogens is 2. The molecule has 22 heavy (non-hydrogen) atoms. The highest BCUT2D eigenvalue weighted by atomic mass is 79.9. The Kier molecular flexibility index (Phi) is 3.92. The molecule has 2 aromatic carbocycles. The molecule has 3 aromatic rings. The molecule has 0 saturated carbocycles. The fraction of sp³-hybridized carbons (Fsp3) is 0. The lowest BCUT2D eigenvalue weighted by Gasteiger charge is -2.08. The van der Waals surface area contributed by atoms with Crippen molar-refractivity contribution < 1.29 is 13.6 Å². The lowest BCUT2D eigenvalue weighted by molar-refractivity contribution is 0.103. The van der Waals surface area contributed by atoms with Crippen LogP contribution < -0.4 is 0 Å². The Balaban J connectivity index is 2.27. The van der Waals surface area contributed by atoms with E-state index in [9.17, 15) is 13.6 Å². The van der Waals surface area contributed by atoms with Crippen molar-refractivity contribution in [3.05, 3.63) is 61.7 Å². The first kappa shape index (κ1) is 15.4. The number of rotatable bonds is 2. The number of halogens is 5. The van der Waals surface area contributed by atoms with E-state index in [0.717, 1.165) is 18.2 Å². The molecule has 1 N–H and O–H groups in total. The van der Waals surface area contributed by atoms with Crippen molar-refractivity contribution in [2.24, 2.45) is 0 Å². The molecule has 0 radical (unpaired) electrons. The Morgan fingerprint density at radius 1 is 1.23 bits per heavy atom. The van der Waals surface area contributed by atoms with Gasteiger partial charge >= 0.3 is 0 Å². The molecule has 0 spiro atoms. The Morgan fingerprint density at radius 2 is 1.95 bits per heavy atom. The van der Waals surface area contributed by atoms with Gasteiger partial charge in [0.15, 0.2) is 10.9 Å². The SMILES string of the molecule is O=C(c1cc(F)ccc1Cl)c1c(F)cc2[nH]nc(Cl)c2c1Br. The molecular formula is C14H5BrCl2F2N2O. The first-order valence-electron chi connectivity index (χ1n) is 5.91. The fourth-order valence-corrected chi connectivity index (χ4v) is 3.42. The number of hydrogen-bond donors (Lipinski definition) is 1. The number of fused-ring (bicyclic) bond motifs is 1. The summed E-state index contributed by atoms with van der Waals surface area (Å²) >= 11 is 15.0. The Hall–Kier alpha value is -1.50. The lowest BCUT2D eigenvalue weighted by Crippen LogP contribution is -2.07. The highest BCUT2D eigenvalue weighted by Gasteiger charge is 2.24. The fourth-order valence-electron chi connectivity index (χ4n) is 2.09. The van der Waals surface area contributed by atoms with Crippen LogP contribution in [0.3, 0.4) is 0 Å². The monoisotopic (exact) mass is 404 g/mol. The molecule has 8 heteroatoms. The molecule has 1 aromatic heterocycles. The highest BCUT2D eigenvalue weighted by molar-refractivity contribution is 9.10. The molecule has 1 heterocycles. The van der Waals surface area contributed by atoms with Crippen molar-refractivity contribution in [2.45, 2.75) is 0 Å². The minimum absolute atomic E-state index is 0.0242. The second-order valence-electron chi connectivity index (χ2n) is 4.44. The van der Waals surface area contributed by atoms with Crippen LogP contribution in [0.5, 0.6) is 0 Å². The molecule has 0 aliphatic heterocycles. The summed E-state index contributed by atoms with van der Waals surface area (Å²) in [6, 6.07) is 4.40. The summed E-state index contributed by atoms with van der Waals surface area (Å²) in [7, 11) is 0. The molecule has 3 rings (SSSR count). The molecular weight excluding hydrogens is 401 g/mol. The van der Waals surface area contributed by atoms with Crippen LogP contribution in [0.1, 0.15) is 15.9 Å². The van der Waals surface area contributed by atoms with Gasteiger partial charge in [-0.25, -0.2) is 8.78 Å². The zero-order chi connectivity index (χ0) is 16.0. The van der Waals surface area contributed by atoms with E-state index in [1.807, 2.05) is 0 Å². The summed E-state index contributed by atoms with van der Waals surface area (Å²) in [5.74, 6) is -2.20. The van der Waals surface area contributed by atoms with Crippen molar-refractivity contribution >= 4 is 55.8 Å². The van der Waals surface area contributed by atoms with E-state index in [4.69, 9.17) is 23.2 Å². The van der Waals surface area contributed by atoms with E-state index in [1.165, 1.54) is 6.07 Å². The normalized spacial score (nSPS) is 11.1. The molecule has 0 unspecified atom stereocenters. The summed E-state index contributed by atoms with van der Waals surface area (Å²) in [4.78, 5) is 12.5. The smallest absolute Gasteiger partial charge is 0.198 e. The van der Waals surface area contributed by atoms with Crippen LogP contribution in [-0.4, -0.2) is 16.0 Å². The second-order valence-corrected chi connectivity index (χ2v) is 6.00. The summed E-state index contributed by atoms with van der Waals surface area (Å²) in [5, 5.41) is 6.76. The molecule has 3 nitrogen and oxygen atoms in total. The summed E-state index contributed by atoms with van der Waals surface area (Å²) in [5.41, 5.74) is -0.0974. The van der Waals surface area contributed by atoms with Crippen molar-refractivity contribution in [3.63, 3.8) is 0 Å². The van der Waals surface area contributed by atoms with Crippen molar-refractivity contribution in [2.75, 3.05) is 0 Å². The molecule has 0 atom stereocenters. The van der Waals surface area contributed by atoms with E-state index in [0.29, 0.717) is 10.9 Å². The third-order valence-corrected chi connectivity index (χ3v) is 4.50. The number of carbonyl (C=O) groups excluding carboxylic acids is 1. The maximum Gasteiger partial charge on any atom is 0.198 e. The average molecular weight is 406 g/mol. The van der Waals surface area contributed by atoms with Gasteiger partial charge in [-0.1, -0.05) is 23.2 Å². The summed E-state index contributed by atoms with van der Waals surface area (Å²) < 4.78 is 27.7. The molecule has 0 amide bonds. The number of nitrogens with zero attached hydrogens (tertiary/aromatic N) is 1. The molecule has 0 saturated heterocycles. The highest BCUT2D eigenvalue weighted by Crippen LogP contribution is 2.35. The van der Waals surface area contributed by atoms with Gasteiger partial charge in [0.1, 0.15) is 11.6 Å². The Labute approximate surface area is 141 Å². The van der Waals surface area contributed by atoms with Gasteiger partial charge in [-0.2, -0.15) is 5.10 Å². The van der Waals surface area contributed by atoms with Crippen LogP contribution >= 0.6 is 39.1 Å². The van der Waals surface area contributed by atoms with Gasteiger partial charge in [-0.05, 0) is 34.1 Å². The lowest BCUT2D eigenvalue weighted by atomic mass is 10.0. The van der Waals surface area contributed by atoms with Crippen molar-refractivity contribution in [1.82, 2.24) is 10.2 Å². The maximum absolute atomic E-state index is 14.3. The number of aromatic amines is 1. The molecule has 0 fully saturated rings. The number of carbonyl (C=O) groups is 1. The largest absolute Gasteiger partial charge is 0.288 e. The van der Waals surface area contributed by atoms with Crippen LogP contribution in [0.25, 0.3) is 10.9 Å². The first-order chi connectivity index (χ1) is 10.4. The molecule has 0 bridgehead atoms. The van der Waals surface area contributed by atoms with Gasteiger partial charge in [-0.3, -0.25) is 9.89 Å². The van der Waals surface area contributed by atoms with Gasteiger partial charge in [0, 0.05) is 16.1 Å². The van der Waals surface area contributed by atoms with Crippen LogP contribution in [-0.2, 0) is 0 Å². The van der Waals surface area contributed by atoms with E-state index in [2.05, 4.69) is 26.1 Å². The minimum atomic E-state index is -0.801. The Morgan fingerprint density at radius 3 is 2.68 bits per heavy atom. The van der Waals surface area contributed by atoms with E-state index in [1.54, 1.807) is 0 Å². The minimum Gasteiger partial charge on any atom is -0.288 e. The van der Waals surface area contributed by atoms with Crippen molar-refractivity contribution in [3.8, 4) is 0 Å². The Bertz CT molecular complexity index is 927. The third kappa shape index (κ3) is 2.41. The van der Waals surface area contributed by atoms with E-state index in [-0.39, 0.29) is 25.8 Å². The van der Waals surface area contributed by atoms with Crippen LogP contribution in [0.2, 0.25) is 10.2 Å². The third-order valence-electron chi connectivity index (χ3n) is 3.10. The first-order valence-corrected chi connectivity index (χ1v) is 7.46.